The van der Waals surface area contributed by atoms with Crippen LogP contribution in [-0.2, 0) is 16.6 Å². The van der Waals surface area contributed by atoms with Crippen molar-refractivity contribution >= 4 is 40.3 Å². The Morgan fingerprint density at radius 2 is 1.94 bits per heavy atom. The molecule has 3 heterocycles. The van der Waals surface area contributed by atoms with Crippen molar-refractivity contribution in [3.63, 3.8) is 0 Å². The molecular weight excluding hydrogens is 398 g/mol. The summed E-state index contributed by atoms with van der Waals surface area (Å²) in [4.78, 5) is 39.4. The molecule has 9 heteroatoms. The van der Waals surface area contributed by atoms with Crippen LogP contribution in [0.25, 0.3) is 16.5 Å². The van der Waals surface area contributed by atoms with Gasteiger partial charge in [-0.1, -0.05) is 18.2 Å². The summed E-state index contributed by atoms with van der Waals surface area (Å²) in [6.45, 7) is 6.91. The molecule has 0 bridgehead atoms. The molecule has 31 heavy (non-hydrogen) atoms. The van der Waals surface area contributed by atoms with Crippen LogP contribution in [0.1, 0.15) is 39.2 Å². The smallest absolute Gasteiger partial charge is 0.410 e. The second-order valence-electron chi connectivity index (χ2n) is 8.81. The number of hydrogen-bond acceptors (Lipinski definition) is 5. The summed E-state index contributed by atoms with van der Waals surface area (Å²) in [7, 11) is 1.85. The summed E-state index contributed by atoms with van der Waals surface area (Å²) in [6.07, 6.45) is 2.67. The first-order valence-corrected chi connectivity index (χ1v) is 10.4. The zero-order chi connectivity index (χ0) is 22.3. The van der Waals surface area contributed by atoms with Gasteiger partial charge < -0.3 is 9.64 Å². The number of nitrogens with one attached hydrogen (secondary N) is 1. The summed E-state index contributed by atoms with van der Waals surface area (Å²) in [5.74, 6) is 0.264. The number of para-hydroxylation sites is 1. The number of aromatic nitrogens is 2. The number of urea groups is 1. The average molecular weight is 425 g/mol. The van der Waals surface area contributed by atoms with Gasteiger partial charge >= 0.3 is 12.1 Å². The van der Waals surface area contributed by atoms with Gasteiger partial charge in [0, 0.05) is 44.1 Å². The Morgan fingerprint density at radius 1 is 1.16 bits per heavy atom. The van der Waals surface area contributed by atoms with E-state index in [1.165, 1.54) is 4.90 Å². The van der Waals surface area contributed by atoms with Gasteiger partial charge in [-0.2, -0.15) is 5.10 Å². The van der Waals surface area contributed by atoms with Crippen molar-refractivity contribution in [2.24, 2.45) is 7.05 Å². The van der Waals surface area contributed by atoms with E-state index in [2.05, 4.69) is 10.4 Å². The Bertz CT molecular complexity index is 1100. The highest BCUT2D eigenvalue weighted by atomic mass is 16.6. The number of ether oxygens (including phenoxy) is 1. The molecular formula is C22H27N5O4. The molecule has 2 aromatic rings. The Kier molecular flexibility index (Phi) is 5.20. The molecule has 9 nitrogen and oxygen atoms in total. The topological polar surface area (TPSA) is 96.8 Å². The largest absolute Gasteiger partial charge is 0.444 e. The van der Waals surface area contributed by atoms with Crippen LogP contribution in [-0.4, -0.2) is 57.9 Å². The molecule has 2 aliphatic rings. The van der Waals surface area contributed by atoms with Crippen molar-refractivity contribution < 1.29 is 19.1 Å². The molecule has 1 saturated heterocycles. The van der Waals surface area contributed by atoms with E-state index in [1.807, 2.05) is 52.1 Å². The van der Waals surface area contributed by atoms with Crippen LogP contribution in [0.5, 0.6) is 0 Å². The van der Waals surface area contributed by atoms with Crippen molar-refractivity contribution in [2.45, 2.75) is 39.2 Å². The van der Waals surface area contributed by atoms with E-state index >= 15 is 0 Å². The molecule has 0 atom stereocenters. The lowest BCUT2D eigenvalue weighted by Crippen LogP contribution is -2.49. The quantitative estimate of drug-likeness (QED) is 0.798. The zero-order valence-corrected chi connectivity index (χ0v) is 18.3. The molecule has 0 spiro atoms. The van der Waals surface area contributed by atoms with Crippen molar-refractivity contribution in [3.8, 4) is 0 Å². The minimum atomic E-state index is -0.525. The van der Waals surface area contributed by atoms with Gasteiger partial charge in [0.1, 0.15) is 5.60 Å². The summed E-state index contributed by atoms with van der Waals surface area (Å²) in [5.41, 5.74) is 2.54. The molecule has 1 fully saturated rings. The monoisotopic (exact) mass is 425 g/mol. The number of aryl methyl sites for hydroxylation is 1. The highest BCUT2D eigenvalue weighted by Gasteiger charge is 2.29. The van der Waals surface area contributed by atoms with Crippen molar-refractivity contribution in [1.29, 1.82) is 0 Å². The normalized spacial score (nSPS) is 17.6. The predicted octanol–water partition coefficient (Wildman–Crippen LogP) is 3.04. The highest BCUT2D eigenvalue weighted by Crippen LogP contribution is 2.34. The van der Waals surface area contributed by atoms with Gasteiger partial charge in [0.05, 0.1) is 5.52 Å². The average Bonchev–Trinajstić information content (AvgIpc) is 3.03. The number of carbonyl (C=O) groups is 3. The van der Waals surface area contributed by atoms with Gasteiger partial charge in [-0.3, -0.25) is 19.7 Å². The lowest BCUT2D eigenvalue weighted by atomic mass is 9.97. The molecule has 1 N–H and O–H groups in total. The number of rotatable bonds is 2. The van der Waals surface area contributed by atoms with Gasteiger partial charge in [-0.05, 0) is 38.8 Å². The highest BCUT2D eigenvalue weighted by molar-refractivity contribution is 6.09. The van der Waals surface area contributed by atoms with E-state index in [9.17, 15) is 14.4 Å². The summed E-state index contributed by atoms with van der Waals surface area (Å²) < 4.78 is 7.24. The van der Waals surface area contributed by atoms with Crippen LogP contribution in [0, 0.1) is 0 Å². The van der Waals surface area contributed by atoms with Gasteiger partial charge in [-0.25, -0.2) is 9.59 Å². The second kappa shape index (κ2) is 7.72. The molecule has 0 unspecified atom stereocenters. The number of imide groups is 1. The maximum absolute atomic E-state index is 12.3. The fourth-order valence-corrected chi connectivity index (χ4v) is 3.95. The van der Waals surface area contributed by atoms with Crippen molar-refractivity contribution in [2.75, 3.05) is 24.5 Å². The third kappa shape index (κ3) is 4.12. The first kappa shape index (κ1) is 20.9. The van der Waals surface area contributed by atoms with E-state index in [1.54, 1.807) is 9.58 Å². The number of amides is 4. The van der Waals surface area contributed by atoms with Crippen LogP contribution >= 0.6 is 0 Å². The van der Waals surface area contributed by atoms with Gasteiger partial charge in [0.2, 0.25) is 5.91 Å². The fraction of sp³-hybridized carbons (Fsp3) is 0.455. The molecule has 164 valence electrons. The van der Waals surface area contributed by atoms with Crippen LogP contribution in [0.2, 0.25) is 0 Å². The molecule has 4 rings (SSSR count). The number of fused-ring (bicyclic) bond motifs is 1. The number of nitrogens with zero attached hydrogens (tertiary/aromatic N) is 4. The van der Waals surface area contributed by atoms with Gasteiger partial charge in [0.25, 0.3) is 0 Å². The number of hydrogen-bond donors (Lipinski definition) is 1. The van der Waals surface area contributed by atoms with Gasteiger partial charge in [0.15, 0.2) is 5.82 Å². The van der Waals surface area contributed by atoms with Crippen LogP contribution in [0.15, 0.2) is 24.3 Å². The third-order valence-electron chi connectivity index (χ3n) is 5.36. The van der Waals surface area contributed by atoms with Crippen LogP contribution in [0.4, 0.5) is 15.4 Å². The Labute approximate surface area is 180 Å². The van der Waals surface area contributed by atoms with Gasteiger partial charge in [-0.15, -0.1) is 0 Å². The molecule has 1 aromatic carbocycles. The molecule has 1 aromatic heterocycles. The maximum Gasteiger partial charge on any atom is 0.410 e. The minimum Gasteiger partial charge on any atom is -0.444 e. The second-order valence-corrected chi connectivity index (χ2v) is 8.81. The lowest BCUT2D eigenvalue weighted by Gasteiger charge is -2.29. The predicted molar refractivity (Wildman–Crippen MR) is 117 cm³/mol. The van der Waals surface area contributed by atoms with E-state index in [4.69, 9.17) is 4.74 Å². The standard InChI is InChI=1S/C22H27N5O4/c1-22(2,3)31-21(30)26-11-8-14(9-12-26)15-6-5-7-16-18(15)25(4)24-19(16)27-13-10-17(28)23-20(27)29/h5-8H,9-13H2,1-4H3,(H,23,28,29). The van der Waals surface area contributed by atoms with E-state index in [0.29, 0.717) is 31.9 Å². The third-order valence-corrected chi connectivity index (χ3v) is 5.36. The fourth-order valence-electron chi connectivity index (χ4n) is 3.95. The molecule has 2 aliphatic heterocycles. The summed E-state index contributed by atoms with van der Waals surface area (Å²) in [5, 5.41) is 7.78. The minimum absolute atomic E-state index is 0.245. The van der Waals surface area contributed by atoms with E-state index < -0.39 is 11.6 Å². The van der Waals surface area contributed by atoms with Crippen LogP contribution < -0.4 is 10.2 Å². The lowest BCUT2D eigenvalue weighted by molar-refractivity contribution is -0.120. The molecule has 0 radical (unpaired) electrons. The first-order chi connectivity index (χ1) is 14.6. The van der Waals surface area contributed by atoms with Crippen molar-refractivity contribution in [1.82, 2.24) is 20.0 Å². The SMILES string of the molecule is Cn1nc(N2CCC(=O)NC2=O)c2cccc(C3=CCN(C(=O)OC(C)(C)C)CC3)c21. The molecule has 0 saturated carbocycles. The number of carbonyl (C=O) groups excluding carboxylic acids is 3. The maximum atomic E-state index is 12.3. The van der Waals surface area contributed by atoms with Crippen LogP contribution in [0.3, 0.4) is 0 Å². The molecule has 4 amide bonds. The Hall–Kier alpha value is -3.36. The zero-order valence-electron chi connectivity index (χ0n) is 18.3. The van der Waals surface area contributed by atoms with Crippen molar-refractivity contribution in [3.05, 3.63) is 29.8 Å². The van der Waals surface area contributed by atoms with E-state index in [-0.39, 0.29) is 18.4 Å². The molecule has 0 aliphatic carbocycles. The summed E-state index contributed by atoms with van der Waals surface area (Å²) >= 11 is 0. The first-order valence-electron chi connectivity index (χ1n) is 10.4. The number of benzene rings is 1. The Morgan fingerprint density at radius 3 is 2.58 bits per heavy atom. The Balaban J connectivity index is 1.63. The van der Waals surface area contributed by atoms with E-state index in [0.717, 1.165) is 22.0 Å². The summed E-state index contributed by atoms with van der Waals surface area (Å²) in [6, 6.07) is 5.45. The number of anilines is 1.